The molecule has 7 nitrogen and oxygen atoms in total. The molecule has 1 aromatic carbocycles. The molecule has 0 radical (unpaired) electrons. The van der Waals surface area contributed by atoms with Gasteiger partial charge in [0.15, 0.2) is 5.82 Å². The van der Waals surface area contributed by atoms with Crippen molar-refractivity contribution in [3.8, 4) is 17.3 Å². The number of methoxy groups -OCH3 is 1. The maximum atomic E-state index is 12.6. The van der Waals surface area contributed by atoms with Crippen molar-refractivity contribution in [1.29, 1.82) is 0 Å². The van der Waals surface area contributed by atoms with Crippen molar-refractivity contribution in [3.05, 3.63) is 69.5 Å². The van der Waals surface area contributed by atoms with E-state index in [2.05, 4.69) is 30.9 Å². The van der Waals surface area contributed by atoms with Crippen molar-refractivity contribution in [2.45, 2.75) is 26.4 Å². The van der Waals surface area contributed by atoms with Crippen LogP contribution in [0.2, 0.25) is 0 Å². The molecule has 0 saturated heterocycles. The van der Waals surface area contributed by atoms with Gasteiger partial charge in [0.2, 0.25) is 0 Å². The van der Waals surface area contributed by atoms with Crippen LogP contribution in [-0.4, -0.2) is 38.5 Å². The highest BCUT2D eigenvalue weighted by molar-refractivity contribution is 5.47. The van der Waals surface area contributed by atoms with Gasteiger partial charge in [-0.15, -0.1) is 0 Å². The molecule has 1 aliphatic heterocycles. The van der Waals surface area contributed by atoms with Crippen molar-refractivity contribution in [2.75, 3.05) is 13.7 Å². The molecule has 0 saturated carbocycles. The number of hydrogen-bond acceptors (Lipinski definition) is 6. The average molecular weight is 363 g/mol. The molecular weight excluding hydrogens is 342 g/mol. The summed E-state index contributed by atoms with van der Waals surface area (Å²) in [4.78, 5) is 30.6. The van der Waals surface area contributed by atoms with Crippen molar-refractivity contribution in [3.63, 3.8) is 0 Å². The summed E-state index contributed by atoms with van der Waals surface area (Å²) in [5.41, 5.74) is 4.26. The number of nitrogens with zero attached hydrogens (tertiary/aromatic N) is 4. The second kappa shape index (κ2) is 7.28. The number of aryl methyl sites for hydroxylation is 1. The lowest BCUT2D eigenvalue weighted by Gasteiger charge is -2.28. The van der Waals surface area contributed by atoms with Crippen LogP contribution in [-0.2, 0) is 19.5 Å². The zero-order valence-electron chi connectivity index (χ0n) is 15.4. The molecule has 0 fully saturated rings. The van der Waals surface area contributed by atoms with Gasteiger partial charge in [-0.1, -0.05) is 18.2 Å². The van der Waals surface area contributed by atoms with Crippen LogP contribution in [0, 0.1) is 6.92 Å². The summed E-state index contributed by atoms with van der Waals surface area (Å²) in [6.07, 6.45) is 5.51. The fourth-order valence-corrected chi connectivity index (χ4v) is 3.53. The van der Waals surface area contributed by atoms with Crippen LogP contribution in [0.4, 0.5) is 0 Å². The standard InChI is InChI=1S/C20H21N5O2/c1-13-4-3-5-14(18(13)27-2)11-25-9-6-16-15(12-25)20(26)24-19(23-16)17-10-21-7-8-22-17/h3-5,7-8,10H,6,9,11-12H2,1-2H3,(H,23,24,26). The third-order valence-electron chi connectivity index (χ3n) is 4.84. The summed E-state index contributed by atoms with van der Waals surface area (Å²) in [6, 6.07) is 6.14. The third-order valence-corrected chi connectivity index (χ3v) is 4.84. The zero-order valence-corrected chi connectivity index (χ0v) is 15.4. The van der Waals surface area contributed by atoms with E-state index >= 15 is 0 Å². The van der Waals surface area contributed by atoms with Gasteiger partial charge >= 0.3 is 0 Å². The zero-order chi connectivity index (χ0) is 18.8. The molecule has 3 aromatic rings. The van der Waals surface area contributed by atoms with E-state index in [4.69, 9.17) is 4.74 Å². The van der Waals surface area contributed by atoms with E-state index in [0.29, 0.717) is 18.1 Å². The number of H-pyrrole nitrogens is 1. The molecule has 0 spiro atoms. The second-order valence-electron chi connectivity index (χ2n) is 6.66. The van der Waals surface area contributed by atoms with Crippen molar-refractivity contribution < 1.29 is 4.74 Å². The lowest BCUT2D eigenvalue weighted by atomic mass is 10.0. The van der Waals surface area contributed by atoms with E-state index in [9.17, 15) is 4.79 Å². The number of hydrogen-bond donors (Lipinski definition) is 1. The average Bonchev–Trinajstić information content (AvgIpc) is 2.69. The van der Waals surface area contributed by atoms with Crippen LogP contribution in [0.25, 0.3) is 11.5 Å². The number of aromatic amines is 1. The maximum Gasteiger partial charge on any atom is 0.255 e. The first-order valence-corrected chi connectivity index (χ1v) is 8.89. The Morgan fingerprint density at radius 1 is 1.30 bits per heavy atom. The SMILES string of the molecule is COc1c(C)cccc1CN1CCc2nc(-c3cnccn3)[nH]c(=O)c2C1. The van der Waals surface area contributed by atoms with E-state index in [1.807, 2.05) is 19.1 Å². The highest BCUT2D eigenvalue weighted by Gasteiger charge is 2.22. The van der Waals surface area contributed by atoms with Crippen LogP contribution >= 0.6 is 0 Å². The lowest BCUT2D eigenvalue weighted by molar-refractivity contribution is 0.238. The molecular formula is C20H21N5O2. The van der Waals surface area contributed by atoms with E-state index in [-0.39, 0.29) is 5.56 Å². The molecule has 0 bridgehead atoms. The Morgan fingerprint density at radius 3 is 2.96 bits per heavy atom. The van der Waals surface area contributed by atoms with Crippen LogP contribution in [0.5, 0.6) is 5.75 Å². The minimum atomic E-state index is -0.110. The Balaban J connectivity index is 1.59. The largest absolute Gasteiger partial charge is 0.496 e. The number of nitrogens with one attached hydrogen (secondary N) is 1. The number of ether oxygens (including phenoxy) is 1. The molecule has 0 atom stereocenters. The van der Waals surface area contributed by atoms with Crippen LogP contribution in [0.15, 0.2) is 41.6 Å². The molecule has 138 valence electrons. The smallest absolute Gasteiger partial charge is 0.255 e. The minimum absolute atomic E-state index is 0.110. The fraction of sp³-hybridized carbons (Fsp3) is 0.300. The molecule has 2 aromatic heterocycles. The van der Waals surface area contributed by atoms with E-state index < -0.39 is 0 Å². The summed E-state index contributed by atoms with van der Waals surface area (Å²) >= 11 is 0. The minimum Gasteiger partial charge on any atom is -0.496 e. The van der Waals surface area contributed by atoms with Gasteiger partial charge in [0.1, 0.15) is 11.4 Å². The number of aromatic nitrogens is 4. The molecule has 7 heteroatoms. The third kappa shape index (κ3) is 3.46. The molecule has 0 amide bonds. The summed E-state index contributed by atoms with van der Waals surface area (Å²) < 4.78 is 5.56. The quantitative estimate of drug-likeness (QED) is 0.764. The topological polar surface area (TPSA) is 84.0 Å². The van der Waals surface area contributed by atoms with Gasteiger partial charge in [-0.25, -0.2) is 9.97 Å². The fourth-order valence-electron chi connectivity index (χ4n) is 3.53. The van der Waals surface area contributed by atoms with E-state index in [1.165, 1.54) is 0 Å². The van der Waals surface area contributed by atoms with Crippen molar-refractivity contribution >= 4 is 0 Å². The Morgan fingerprint density at radius 2 is 2.19 bits per heavy atom. The van der Waals surface area contributed by atoms with Crippen LogP contribution in [0.1, 0.15) is 22.4 Å². The summed E-state index contributed by atoms with van der Waals surface area (Å²) in [5, 5.41) is 0. The Labute approximate surface area is 157 Å². The Hall–Kier alpha value is -3.06. The van der Waals surface area contributed by atoms with Gasteiger partial charge < -0.3 is 9.72 Å². The van der Waals surface area contributed by atoms with Gasteiger partial charge in [-0.2, -0.15) is 0 Å². The molecule has 1 N–H and O–H groups in total. The highest BCUT2D eigenvalue weighted by Crippen LogP contribution is 2.26. The lowest BCUT2D eigenvalue weighted by Crippen LogP contribution is -2.35. The monoisotopic (exact) mass is 363 g/mol. The Kier molecular flexibility index (Phi) is 4.68. The van der Waals surface area contributed by atoms with Gasteiger partial charge in [-0.05, 0) is 12.5 Å². The van der Waals surface area contributed by atoms with Crippen molar-refractivity contribution in [1.82, 2.24) is 24.8 Å². The number of benzene rings is 1. The number of rotatable bonds is 4. The Bertz CT molecular complexity index is 1020. The predicted molar refractivity (Wildman–Crippen MR) is 101 cm³/mol. The molecule has 0 unspecified atom stereocenters. The van der Waals surface area contributed by atoms with Gasteiger partial charge in [0.05, 0.1) is 24.6 Å². The first-order chi connectivity index (χ1) is 13.2. The summed E-state index contributed by atoms with van der Waals surface area (Å²) in [6.45, 7) is 4.17. The van der Waals surface area contributed by atoms with Gasteiger partial charge in [0.25, 0.3) is 5.56 Å². The van der Waals surface area contributed by atoms with Crippen molar-refractivity contribution in [2.24, 2.45) is 0 Å². The van der Waals surface area contributed by atoms with Crippen LogP contribution < -0.4 is 10.3 Å². The first-order valence-electron chi connectivity index (χ1n) is 8.89. The highest BCUT2D eigenvalue weighted by atomic mass is 16.5. The molecule has 27 heavy (non-hydrogen) atoms. The predicted octanol–water partition coefficient (Wildman–Crippen LogP) is 2.10. The van der Waals surface area contributed by atoms with E-state index in [1.54, 1.807) is 25.7 Å². The molecule has 0 aliphatic carbocycles. The first kappa shape index (κ1) is 17.4. The second-order valence-corrected chi connectivity index (χ2v) is 6.66. The van der Waals surface area contributed by atoms with Crippen LogP contribution in [0.3, 0.4) is 0 Å². The van der Waals surface area contributed by atoms with Gasteiger partial charge in [0, 0.05) is 44.0 Å². The summed E-state index contributed by atoms with van der Waals surface area (Å²) in [5.74, 6) is 1.38. The maximum absolute atomic E-state index is 12.6. The van der Waals surface area contributed by atoms with Gasteiger partial charge in [-0.3, -0.25) is 14.7 Å². The molecule has 3 heterocycles. The molecule has 1 aliphatic rings. The number of fused-ring (bicyclic) bond motifs is 1. The molecule has 4 rings (SSSR count). The van der Waals surface area contributed by atoms with E-state index in [0.717, 1.165) is 47.6 Å². The number of para-hydroxylation sites is 1. The summed E-state index contributed by atoms with van der Waals surface area (Å²) in [7, 11) is 1.69. The normalized spacial score (nSPS) is 14.0.